The zero-order valence-electron chi connectivity index (χ0n) is 7.73. The number of nitrogens with zero attached hydrogens (tertiary/aromatic N) is 3. The Morgan fingerprint density at radius 3 is 2.54 bits per heavy atom. The van der Waals surface area contributed by atoms with E-state index >= 15 is 0 Å². The molecule has 1 aliphatic carbocycles. The lowest BCUT2D eigenvalue weighted by Crippen LogP contribution is -2.31. The van der Waals surface area contributed by atoms with Crippen molar-refractivity contribution in [1.82, 2.24) is 5.32 Å². The SMILES string of the molecule is CNC(=O)C1CCC(N=[N+]=[N-])CC1. The number of hydrogen-bond donors (Lipinski definition) is 1. The lowest BCUT2D eigenvalue weighted by molar-refractivity contribution is -0.125. The van der Waals surface area contributed by atoms with E-state index in [9.17, 15) is 4.79 Å². The molecule has 1 aliphatic rings. The van der Waals surface area contributed by atoms with Gasteiger partial charge in [0, 0.05) is 23.9 Å². The molecule has 0 atom stereocenters. The lowest BCUT2D eigenvalue weighted by Gasteiger charge is -2.24. The fraction of sp³-hybridized carbons (Fsp3) is 0.875. The van der Waals surface area contributed by atoms with Crippen molar-refractivity contribution in [2.24, 2.45) is 11.0 Å². The maximum Gasteiger partial charge on any atom is 0.222 e. The summed E-state index contributed by atoms with van der Waals surface area (Å²) in [6, 6.07) is 0.103. The standard InChI is InChI=1S/C8H14N4O/c1-10-8(13)6-2-4-7(5-3-6)11-12-9/h6-7H,2-5H2,1H3,(H,10,13). The summed E-state index contributed by atoms with van der Waals surface area (Å²) in [6.45, 7) is 0. The first-order chi connectivity index (χ1) is 6.27. The van der Waals surface area contributed by atoms with E-state index in [0.717, 1.165) is 25.7 Å². The van der Waals surface area contributed by atoms with Gasteiger partial charge in [0.05, 0.1) is 0 Å². The second kappa shape index (κ2) is 4.72. The van der Waals surface area contributed by atoms with Crippen molar-refractivity contribution in [3.05, 3.63) is 10.4 Å². The second-order valence-electron chi connectivity index (χ2n) is 3.32. The van der Waals surface area contributed by atoms with Crippen LogP contribution in [0.2, 0.25) is 0 Å². The monoisotopic (exact) mass is 182 g/mol. The van der Waals surface area contributed by atoms with Crippen LogP contribution in [0.5, 0.6) is 0 Å². The van der Waals surface area contributed by atoms with Crippen molar-refractivity contribution >= 4 is 5.91 Å². The highest BCUT2D eigenvalue weighted by Gasteiger charge is 2.24. The molecule has 1 fully saturated rings. The molecule has 0 aromatic heterocycles. The Labute approximate surface area is 77.1 Å². The summed E-state index contributed by atoms with van der Waals surface area (Å²) in [6.07, 6.45) is 3.34. The number of carbonyl (C=O) groups is 1. The van der Waals surface area contributed by atoms with Crippen molar-refractivity contribution in [3.8, 4) is 0 Å². The fourth-order valence-electron chi connectivity index (χ4n) is 1.73. The smallest absolute Gasteiger partial charge is 0.222 e. The summed E-state index contributed by atoms with van der Waals surface area (Å²) in [5, 5.41) is 6.29. The van der Waals surface area contributed by atoms with Crippen molar-refractivity contribution in [1.29, 1.82) is 0 Å². The minimum atomic E-state index is 0.103. The molecular weight excluding hydrogens is 168 g/mol. The van der Waals surface area contributed by atoms with Gasteiger partial charge in [-0.1, -0.05) is 5.11 Å². The summed E-state index contributed by atoms with van der Waals surface area (Å²) in [4.78, 5) is 14.0. The van der Waals surface area contributed by atoms with Crippen molar-refractivity contribution in [2.45, 2.75) is 31.7 Å². The van der Waals surface area contributed by atoms with Crippen LogP contribution in [0, 0.1) is 5.92 Å². The van der Waals surface area contributed by atoms with Gasteiger partial charge in [0.2, 0.25) is 5.91 Å². The topological polar surface area (TPSA) is 77.9 Å². The van der Waals surface area contributed by atoms with E-state index in [1.807, 2.05) is 0 Å². The predicted octanol–water partition coefficient (Wildman–Crippen LogP) is 1.60. The number of nitrogens with one attached hydrogen (secondary N) is 1. The Hall–Kier alpha value is -1.22. The zero-order chi connectivity index (χ0) is 9.68. The van der Waals surface area contributed by atoms with Crippen LogP contribution in [-0.2, 0) is 4.79 Å². The molecule has 5 heteroatoms. The maximum atomic E-state index is 11.2. The summed E-state index contributed by atoms with van der Waals surface area (Å²) < 4.78 is 0. The molecule has 1 saturated carbocycles. The van der Waals surface area contributed by atoms with E-state index in [1.54, 1.807) is 7.05 Å². The Balaban J connectivity index is 2.38. The van der Waals surface area contributed by atoms with Gasteiger partial charge in [-0.25, -0.2) is 0 Å². The number of amides is 1. The molecule has 0 unspecified atom stereocenters. The Morgan fingerprint density at radius 2 is 2.08 bits per heavy atom. The summed E-state index contributed by atoms with van der Waals surface area (Å²) in [7, 11) is 1.65. The van der Waals surface area contributed by atoms with Gasteiger partial charge < -0.3 is 5.32 Å². The first kappa shape index (κ1) is 9.86. The average Bonchev–Trinajstić information content (AvgIpc) is 2.18. The molecule has 0 radical (unpaired) electrons. The molecule has 5 nitrogen and oxygen atoms in total. The molecule has 0 bridgehead atoms. The highest BCUT2D eigenvalue weighted by atomic mass is 16.1. The Kier molecular flexibility index (Phi) is 3.58. The highest BCUT2D eigenvalue weighted by Crippen LogP contribution is 2.26. The van der Waals surface area contributed by atoms with Crippen LogP contribution in [0.25, 0.3) is 10.4 Å². The molecule has 1 rings (SSSR count). The molecule has 1 N–H and O–H groups in total. The van der Waals surface area contributed by atoms with Gasteiger partial charge in [0.15, 0.2) is 0 Å². The van der Waals surface area contributed by atoms with Gasteiger partial charge in [-0.05, 0) is 31.2 Å². The van der Waals surface area contributed by atoms with Crippen LogP contribution >= 0.6 is 0 Å². The molecule has 0 saturated heterocycles. The van der Waals surface area contributed by atoms with E-state index in [-0.39, 0.29) is 17.9 Å². The third-order valence-electron chi connectivity index (χ3n) is 2.53. The van der Waals surface area contributed by atoms with Crippen LogP contribution in [0.1, 0.15) is 25.7 Å². The number of azide groups is 1. The number of hydrogen-bond acceptors (Lipinski definition) is 2. The third kappa shape index (κ3) is 2.63. The minimum absolute atomic E-state index is 0.103. The van der Waals surface area contributed by atoms with Gasteiger partial charge in [-0.15, -0.1) is 0 Å². The Morgan fingerprint density at radius 1 is 1.46 bits per heavy atom. The van der Waals surface area contributed by atoms with Crippen LogP contribution < -0.4 is 5.32 Å². The normalized spacial score (nSPS) is 27.5. The fourth-order valence-corrected chi connectivity index (χ4v) is 1.73. The highest BCUT2D eigenvalue weighted by molar-refractivity contribution is 5.78. The number of rotatable bonds is 2. The second-order valence-corrected chi connectivity index (χ2v) is 3.32. The van der Waals surface area contributed by atoms with E-state index in [2.05, 4.69) is 15.3 Å². The summed E-state index contributed by atoms with van der Waals surface area (Å²) in [5.74, 6) is 0.231. The summed E-state index contributed by atoms with van der Waals surface area (Å²) in [5.41, 5.74) is 8.22. The van der Waals surface area contributed by atoms with Crippen LogP contribution in [0.3, 0.4) is 0 Å². The first-order valence-corrected chi connectivity index (χ1v) is 4.53. The average molecular weight is 182 g/mol. The van der Waals surface area contributed by atoms with Crippen LogP contribution in [0.4, 0.5) is 0 Å². The molecule has 0 heterocycles. The quantitative estimate of drug-likeness (QED) is 0.393. The Bertz CT molecular complexity index is 226. The van der Waals surface area contributed by atoms with Gasteiger partial charge in [-0.2, -0.15) is 0 Å². The molecule has 72 valence electrons. The molecular formula is C8H14N4O. The first-order valence-electron chi connectivity index (χ1n) is 4.53. The van der Waals surface area contributed by atoms with Crippen LogP contribution in [-0.4, -0.2) is 19.0 Å². The largest absolute Gasteiger partial charge is 0.359 e. The van der Waals surface area contributed by atoms with E-state index in [1.165, 1.54) is 0 Å². The molecule has 1 amide bonds. The number of carbonyl (C=O) groups excluding carboxylic acids is 1. The van der Waals surface area contributed by atoms with Crippen molar-refractivity contribution in [2.75, 3.05) is 7.05 Å². The van der Waals surface area contributed by atoms with Crippen LogP contribution in [0.15, 0.2) is 5.11 Å². The molecule has 13 heavy (non-hydrogen) atoms. The van der Waals surface area contributed by atoms with E-state index in [4.69, 9.17) is 5.53 Å². The minimum Gasteiger partial charge on any atom is -0.359 e. The molecule has 0 aromatic carbocycles. The van der Waals surface area contributed by atoms with Gasteiger partial charge in [0.25, 0.3) is 0 Å². The van der Waals surface area contributed by atoms with Crippen molar-refractivity contribution in [3.63, 3.8) is 0 Å². The van der Waals surface area contributed by atoms with E-state index in [0.29, 0.717) is 0 Å². The zero-order valence-corrected chi connectivity index (χ0v) is 7.73. The molecule has 0 aromatic rings. The summed E-state index contributed by atoms with van der Waals surface area (Å²) >= 11 is 0. The molecule has 0 spiro atoms. The maximum absolute atomic E-state index is 11.2. The van der Waals surface area contributed by atoms with Gasteiger partial charge in [-0.3, -0.25) is 4.79 Å². The van der Waals surface area contributed by atoms with E-state index < -0.39 is 0 Å². The molecule has 0 aliphatic heterocycles. The lowest BCUT2D eigenvalue weighted by atomic mass is 9.86. The van der Waals surface area contributed by atoms with Crippen molar-refractivity contribution < 1.29 is 4.79 Å². The predicted molar refractivity (Wildman–Crippen MR) is 49.0 cm³/mol. The van der Waals surface area contributed by atoms with Gasteiger partial charge >= 0.3 is 0 Å². The van der Waals surface area contributed by atoms with Gasteiger partial charge in [0.1, 0.15) is 0 Å². The third-order valence-corrected chi connectivity index (χ3v) is 2.53.